The first-order chi connectivity index (χ1) is 7.63. The van der Waals surface area contributed by atoms with Gasteiger partial charge in [0.2, 0.25) is 0 Å². The summed E-state index contributed by atoms with van der Waals surface area (Å²) in [4.78, 5) is 6.37. The van der Waals surface area contributed by atoms with Crippen molar-refractivity contribution >= 4 is 5.69 Å². The SMILES string of the molecule is CC(C)OCCN(C)c1ccc(CN)nc1. The molecule has 0 unspecified atom stereocenters. The number of nitrogens with two attached hydrogens (primary N) is 1. The Bertz CT molecular complexity index is 298. The Hall–Kier alpha value is -1.13. The Kier molecular flexibility index (Phi) is 5.22. The minimum Gasteiger partial charge on any atom is -0.377 e. The van der Waals surface area contributed by atoms with Crippen LogP contribution in [0.25, 0.3) is 0 Å². The highest BCUT2D eigenvalue weighted by Crippen LogP contribution is 2.10. The summed E-state index contributed by atoms with van der Waals surface area (Å²) in [6.07, 6.45) is 2.13. The lowest BCUT2D eigenvalue weighted by molar-refractivity contribution is 0.0846. The number of nitrogens with zero attached hydrogens (tertiary/aromatic N) is 2. The number of pyridine rings is 1. The van der Waals surface area contributed by atoms with E-state index in [2.05, 4.69) is 9.88 Å². The minimum absolute atomic E-state index is 0.283. The van der Waals surface area contributed by atoms with Gasteiger partial charge in [-0.2, -0.15) is 0 Å². The van der Waals surface area contributed by atoms with Crippen molar-refractivity contribution in [3.63, 3.8) is 0 Å². The van der Waals surface area contributed by atoms with Crippen molar-refractivity contribution in [1.29, 1.82) is 0 Å². The third kappa shape index (κ3) is 4.16. The third-order valence-electron chi connectivity index (χ3n) is 2.34. The number of aromatic nitrogens is 1. The number of rotatable bonds is 6. The van der Waals surface area contributed by atoms with Crippen LogP contribution in [0.3, 0.4) is 0 Å². The predicted molar refractivity (Wildman–Crippen MR) is 66.5 cm³/mol. The maximum atomic E-state index is 5.50. The molecule has 0 aromatic carbocycles. The smallest absolute Gasteiger partial charge is 0.0644 e. The number of anilines is 1. The lowest BCUT2D eigenvalue weighted by Gasteiger charge is -2.19. The van der Waals surface area contributed by atoms with Gasteiger partial charge in [0.25, 0.3) is 0 Å². The summed E-state index contributed by atoms with van der Waals surface area (Å²) in [5.41, 5.74) is 7.49. The van der Waals surface area contributed by atoms with Crippen LogP contribution in [0, 0.1) is 0 Å². The first kappa shape index (κ1) is 12.9. The molecule has 1 rings (SSSR count). The molecule has 1 aromatic rings. The normalized spacial score (nSPS) is 10.8. The fraction of sp³-hybridized carbons (Fsp3) is 0.583. The van der Waals surface area contributed by atoms with Crippen molar-refractivity contribution in [2.45, 2.75) is 26.5 Å². The maximum Gasteiger partial charge on any atom is 0.0644 e. The van der Waals surface area contributed by atoms with Crippen LogP contribution >= 0.6 is 0 Å². The highest BCUT2D eigenvalue weighted by Gasteiger charge is 2.02. The van der Waals surface area contributed by atoms with Gasteiger partial charge >= 0.3 is 0 Å². The summed E-state index contributed by atoms with van der Waals surface area (Å²) in [7, 11) is 2.03. The topological polar surface area (TPSA) is 51.4 Å². The number of hydrogen-bond donors (Lipinski definition) is 1. The second kappa shape index (κ2) is 6.45. The molecule has 0 aliphatic carbocycles. The van der Waals surface area contributed by atoms with Crippen LogP contribution in [-0.2, 0) is 11.3 Å². The second-order valence-electron chi connectivity index (χ2n) is 4.05. The van der Waals surface area contributed by atoms with Gasteiger partial charge in [-0.1, -0.05) is 0 Å². The van der Waals surface area contributed by atoms with Gasteiger partial charge < -0.3 is 15.4 Å². The molecule has 4 nitrogen and oxygen atoms in total. The molecule has 90 valence electrons. The van der Waals surface area contributed by atoms with E-state index in [0.717, 1.165) is 24.5 Å². The summed E-state index contributed by atoms with van der Waals surface area (Å²) in [6.45, 7) is 6.16. The van der Waals surface area contributed by atoms with Crippen LogP contribution in [-0.4, -0.2) is 31.3 Å². The molecule has 2 N–H and O–H groups in total. The molecular weight excluding hydrogens is 202 g/mol. The maximum absolute atomic E-state index is 5.50. The zero-order valence-corrected chi connectivity index (χ0v) is 10.3. The van der Waals surface area contributed by atoms with Crippen LogP contribution in [0.4, 0.5) is 5.69 Å². The fourth-order valence-corrected chi connectivity index (χ4v) is 1.32. The highest BCUT2D eigenvalue weighted by molar-refractivity contribution is 5.43. The van der Waals surface area contributed by atoms with Gasteiger partial charge in [-0.15, -0.1) is 0 Å². The Balaban J connectivity index is 2.43. The molecule has 0 saturated heterocycles. The Morgan fingerprint density at radius 1 is 1.44 bits per heavy atom. The van der Waals surface area contributed by atoms with E-state index in [1.54, 1.807) is 0 Å². The van der Waals surface area contributed by atoms with Gasteiger partial charge in [0.15, 0.2) is 0 Å². The third-order valence-corrected chi connectivity index (χ3v) is 2.34. The van der Waals surface area contributed by atoms with Gasteiger partial charge in [-0.25, -0.2) is 0 Å². The summed E-state index contributed by atoms with van der Waals surface area (Å²) in [5.74, 6) is 0. The van der Waals surface area contributed by atoms with E-state index in [-0.39, 0.29) is 6.10 Å². The monoisotopic (exact) mass is 223 g/mol. The number of likely N-dealkylation sites (N-methyl/N-ethyl adjacent to an activating group) is 1. The van der Waals surface area contributed by atoms with E-state index in [9.17, 15) is 0 Å². The Morgan fingerprint density at radius 3 is 2.69 bits per heavy atom. The van der Waals surface area contributed by atoms with Crippen molar-refractivity contribution in [3.8, 4) is 0 Å². The van der Waals surface area contributed by atoms with Crippen molar-refractivity contribution in [2.75, 3.05) is 25.1 Å². The molecule has 1 aromatic heterocycles. The zero-order valence-electron chi connectivity index (χ0n) is 10.3. The molecule has 4 heteroatoms. The lowest BCUT2D eigenvalue weighted by Crippen LogP contribution is -2.24. The molecule has 16 heavy (non-hydrogen) atoms. The average molecular weight is 223 g/mol. The predicted octanol–water partition coefficient (Wildman–Crippen LogP) is 1.40. The van der Waals surface area contributed by atoms with Crippen molar-refractivity contribution in [2.24, 2.45) is 5.73 Å². The molecule has 0 fully saturated rings. The summed E-state index contributed by atoms with van der Waals surface area (Å²) >= 11 is 0. The van der Waals surface area contributed by atoms with E-state index in [0.29, 0.717) is 6.54 Å². The van der Waals surface area contributed by atoms with Gasteiger partial charge in [0.05, 0.1) is 30.3 Å². The van der Waals surface area contributed by atoms with E-state index in [1.165, 1.54) is 0 Å². The molecule has 0 radical (unpaired) electrons. The Morgan fingerprint density at radius 2 is 2.19 bits per heavy atom. The van der Waals surface area contributed by atoms with Gasteiger partial charge in [-0.3, -0.25) is 4.98 Å². The fourth-order valence-electron chi connectivity index (χ4n) is 1.32. The highest BCUT2D eigenvalue weighted by atomic mass is 16.5. The first-order valence-corrected chi connectivity index (χ1v) is 5.61. The average Bonchev–Trinajstić information content (AvgIpc) is 2.28. The Labute approximate surface area is 97.4 Å². The largest absolute Gasteiger partial charge is 0.377 e. The molecule has 0 aliphatic rings. The molecule has 0 aliphatic heterocycles. The molecule has 0 saturated carbocycles. The van der Waals surface area contributed by atoms with Crippen LogP contribution in [0.5, 0.6) is 0 Å². The van der Waals surface area contributed by atoms with Crippen molar-refractivity contribution in [1.82, 2.24) is 4.98 Å². The first-order valence-electron chi connectivity index (χ1n) is 5.61. The number of hydrogen-bond acceptors (Lipinski definition) is 4. The van der Waals surface area contributed by atoms with Crippen LogP contribution in [0.1, 0.15) is 19.5 Å². The van der Waals surface area contributed by atoms with E-state index >= 15 is 0 Å². The molecule has 0 amide bonds. The quantitative estimate of drug-likeness (QED) is 0.792. The van der Waals surface area contributed by atoms with Crippen LogP contribution in [0.2, 0.25) is 0 Å². The van der Waals surface area contributed by atoms with Crippen LogP contribution < -0.4 is 10.6 Å². The van der Waals surface area contributed by atoms with Gasteiger partial charge in [-0.05, 0) is 26.0 Å². The van der Waals surface area contributed by atoms with E-state index in [1.807, 2.05) is 39.2 Å². The van der Waals surface area contributed by atoms with E-state index < -0.39 is 0 Å². The van der Waals surface area contributed by atoms with E-state index in [4.69, 9.17) is 10.5 Å². The molecular formula is C12H21N3O. The zero-order chi connectivity index (χ0) is 12.0. The summed E-state index contributed by atoms with van der Waals surface area (Å²) in [6, 6.07) is 3.99. The van der Waals surface area contributed by atoms with Crippen LogP contribution in [0.15, 0.2) is 18.3 Å². The standard InChI is InChI=1S/C12H21N3O/c1-10(2)16-7-6-15(3)12-5-4-11(8-13)14-9-12/h4-5,9-10H,6-8,13H2,1-3H3. The number of ether oxygens (including phenoxy) is 1. The molecule has 0 atom stereocenters. The molecule has 1 heterocycles. The van der Waals surface area contributed by atoms with Crippen molar-refractivity contribution < 1.29 is 4.74 Å². The summed E-state index contributed by atoms with van der Waals surface area (Å²) < 4.78 is 5.50. The van der Waals surface area contributed by atoms with Crippen molar-refractivity contribution in [3.05, 3.63) is 24.0 Å². The second-order valence-corrected chi connectivity index (χ2v) is 4.05. The molecule has 0 bridgehead atoms. The van der Waals surface area contributed by atoms with Gasteiger partial charge in [0, 0.05) is 20.1 Å². The van der Waals surface area contributed by atoms with Gasteiger partial charge in [0.1, 0.15) is 0 Å². The lowest BCUT2D eigenvalue weighted by atomic mass is 10.3. The molecule has 0 spiro atoms. The summed E-state index contributed by atoms with van der Waals surface area (Å²) in [5, 5.41) is 0. The minimum atomic E-state index is 0.283.